The molecule has 68 heavy (non-hydrogen) atoms. The number of aliphatic hydroxyl groups excluding tert-OH is 6. The number of carbonyl (C=O) groups excluding carboxylic acids is 2. The molecule has 0 amide bonds. The number of allylic oxidation sites excluding steroid dienone is 18. The summed E-state index contributed by atoms with van der Waals surface area (Å²) in [5, 5.41) is 60.5. The van der Waals surface area contributed by atoms with E-state index in [9.17, 15) is 49.7 Å². The van der Waals surface area contributed by atoms with Gasteiger partial charge in [0, 0.05) is 12.8 Å². The van der Waals surface area contributed by atoms with Gasteiger partial charge in [0.25, 0.3) is 0 Å². The Labute approximate surface area is 406 Å². The van der Waals surface area contributed by atoms with E-state index in [0.717, 1.165) is 89.9 Å². The van der Waals surface area contributed by atoms with Gasteiger partial charge >= 0.3 is 19.8 Å². The summed E-state index contributed by atoms with van der Waals surface area (Å²) in [6, 6.07) is 0. The molecule has 1 rings (SSSR count). The maximum Gasteiger partial charge on any atom is 0.472 e. The molecule has 4 unspecified atom stereocenters. The molecule has 0 aromatic heterocycles. The zero-order valence-electron chi connectivity index (χ0n) is 40.5. The molecule has 14 nitrogen and oxygen atoms in total. The lowest BCUT2D eigenvalue weighted by Gasteiger charge is -2.41. The van der Waals surface area contributed by atoms with E-state index in [0.29, 0.717) is 12.8 Å². The number of rotatable bonds is 38. The molecule has 1 aliphatic carbocycles. The molecular formula is C53H83O14P. The van der Waals surface area contributed by atoms with Crippen LogP contribution in [0.4, 0.5) is 0 Å². The first kappa shape index (κ1) is 62.2. The number of esters is 2. The Morgan fingerprint density at radius 1 is 0.529 bits per heavy atom. The molecule has 7 N–H and O–H groups in total. The molecule has 0 aromatic rings. The van der Waals surface area contributed by atoms with Gasteiger partial charge < -0.3 is 45.0 Å². The number of unbranched alkanes of at least 4 members (excludes halogenated alkanes) is 6. The third-order valence-corrected chi connectivity index (χ3v) is 11.4. The standard InChI is InChI=1S/C53H83O14P/c1-3-5-7-9-11-13-15-17-18-19-20-21-22-24-26-28-30-32-36-41-47(56)66-45(43-65-68(62,63)67-53-51(60)49(58)48(57)50(59)52(53)61)42-64-46(55)40-37-33-35-39-44(54)38-34-31-29-27-25-23-16-14-12-10-8-6-4-2/h5-8,11-14,17-18,20-21,23,25,29,31,33-35,38,44-45,48-54,57-61H,3-4,9-10,15-16,19,22,24,26-28,30,32,36-37,39-43H2,1-2H3,(H,62,63)/b7-5-,8-6-,13-11-,14-12-,18-17-,21-20-,25-23-,31-29-,35-33-,38-34-/t44?,45-,48?,49-,50+,51-,52-,53?/m1/s1. The van der Waals surface area contributed by atoms with Crippen LogP contribution in [-0.4, -0.2) is 110 Å². The predicted molar refractivity (Wildman–Crippen MR) is 268 cm³/mol. The summed E-state index contributed by atoms with van der Waals surface area (Å²) in [6.45, 7) is 2.90. The minimum atomic E-state index is -5.18. The summed E-state index contributed by atoms with van der Waals surface area (Å²) in [6.07, 6.45) is 41.2. The Balaban J connectivity index is 2.54. The highest BCUT2D eigenvalue weighted by molar-refractivity contribution is 7.47. The Hall–Kier alpha value is -3.79. The van der Waals surface area contributed by atoms with Crippen LogP contribution in [0.3, 0.4) is 0 Å². The fourth-order valence-corrected chi connectivity index (χ4v) is 7.48. The molecule has 0 heterocycles. The number of aliphatic hydroxyl groups is 6. The maximum atomic E-state index is 12.8. The molecule has 0 aromatic carbocycles. The monoisotopic (exact) mass is 975 g/mol. The number of phosphoric ester groups is 1. The van der Waals surface area contributed by atoms with E-state index in [1.807, 2.05) is 12.2 Å². The average Bonchev–Trinajstić information content (AvgIpc) is 3.32. The lowest BCUT2D eigenvalue weighted by molar-refractivity contribution is -0.220. The summed E-state index contributed by atoms with van der Waals surface area (Å²) in [7, 11) is -5.18. The van der Waals surface area contributed by atoms with Gasteiger partial charge in [-0.3, -0.25) is 18.6 Å². The van der Waals surface area contributed by atoms with Gasteiger partial charge in [-0.25, -0.2) is 4.57 Å². The highest BCUT2D eigenvalue weighted by Gasteiger charge is 2.51. The van der Waals surface area contributed by atoms with Crippen molar-refractivity contribution in [1.29, 1.82) is 0 Å². The lowest BCUT2D eigenvalue weighted by atomic mass is 9.85. The first-order chi connectivity index (χ1) is 32.8. The lowest BCUT2D eigenvalue weighted by Crippen LogP contribution is -2.64. The normalized spacial score (nSPS) is 22.5. The highest BCUT2D eigenvalue weighted by Crippen LogP contribution is 2.47. The molecule has 0 aliphatic heterocycles. The van der Waals surface area contributed by atoms with E-state index in [1.54, 1.807) is 24.3 Å². The van der Waals surface area contributed by atoms with E-state index < -0.39 is 81.8 Å². The van der Waals surface area contributed by atoms with Crippen LogP contribution in [0.2, 0.25) is 0 Å². The van der Waals surface area contributed by atoms with Gasteiger partial charge in [-0.2, -0.15) is 0 Å². The van der Waals surface area contributed by atoms with Crippen molar-refractivity contribution in [3.05, 3.63) is 122 Å². The number of carbonyl (C=O) groups is 2. The van der Waals surface area contributed by atoms with Crippen LogP contribution < -0.4 is 0 Å². The van der Waals surface area contributed by atoms with Crippen molar-refractivity contribution < 1.29 is 68.2 Å². The molecule has 15 heteroatoms. The van der Waals surface area contributed by atoms with Crippen LogP contribution in [0.25, 0.3) is 0 Å². The van der Waals surface area contributed by atoms with Gasteiger partial charge in [0.1, 0.15) is 43.2 Å². The maximum absolute atomic E-state index is 12.8. The Morgan fingerprint density at radius 3 is 1.56 bits per heavy atom. The van der Waals surface area contributed by atoms with Crippen molar-refractivity contribution in [1.82, 2.24) is 0 Å². The molecule has 0 radical (unpaired) electrons. The molecule has 1 fully saturated rings. The minimum Gasteiger partial charge on any atom is -0.462 e. The van der Waals surface area contributed by atoms with Crippen LogP contribution in [0, 0.1) is 0 Å². The van der Waals surface area contributed by atoms with Gasteiger partial charge in [0.2, 0.25) is 0 Å². The first-order valence-corrected chi connectivity index (χ1v) is 25.9. The smallest absolute Gasteiger partial charge is 0.462 e. The number of hydrogen-bond donors (Lipinski definition) is 7. The van der Waals surface area contributed by atoms with Crippen LogP contribution in [0.15, 0.2) is 122 Å². The second kappa shape index (κ2) is 41.0. The highest BCUT2D eigenvalue weighted by atomic mass is 31.2. The summed E-state index contributed by atoms with van der Waals surface area (Å²) >= 11 is 0. The van der Waals surface area contributed by atoms with Gasteiger partial charge in [-0.05, 0) is 83.5 Å². The van der Waals surface area contributed by atoms with E-state index in [4.69, 9.17) is 18.5 Å². The summed E-state index contributed by atoms with van der Waals surface area (Å²) in [5.74, 6) is -1.31. The summed E-state index contributed by atoms with van der Waals surface area (Å²) < 4.78 is 33.4. The third kappa shape index (κ3) is 32.9. The zero-order chi connectivity index (χ0) is 50.1. The number of phosphoric acid groups is 1. The summed E-state index contributed by atoms with van der Waals surface area (Å²) in [5.41, 5.74) is 0. The SMILES string of the molecule is CC/C=C\C/C=C\C/C=C\C/C=C\C=C/C(O)C/C=C\CCC(=O)OC[C@H](COP(=O)(O)OC1[C@H](O)[C@H](O)C(O)[C@H](O)[C@H]1O)OC(=O)CCCCCCCC/C=C\C/C=C\C/C=C\C/C=C\CC. The molecule has 0 spiro atoms. The van der Waals surface area contributed by atoms with Crippen molar-refractivity contribution >= 4 is 19.8 Å². The van der Waals surface area contributed by atoms with Crippen molar-refractivity contribution in [2.75, 3.05) is 13.2 Å². The Bertz CT molecular complexity index is 1660. The zero-order valence-corrected chi connectivity index (χ0v) is 41.3. The number of hydrogen-bond acceptors (Lipinski definition) is 13. The fraction of sp³-hybridized carbons (Fsp3) is 0.585. The molecule has 384 valence electrons. The topological polar surface area (TPSA) is 230 Å². The quantitative estimate of drug-likeness (QED) is 0.0101. The first-order valence-electron chi connectivity index (χ1n) is 24.4. The predicted octanol–water partition coefficient (Wildman–Crippen LogP) is 9.14. The molecular weight excluding hydrogens is 892 g/mol. The van der Waals surface area contributed by atoms with Crippen molar-refractivity contribution in [2.45, 2.75) is 185 Å². The van der Waals surface area contributed by atoms with Gasteiger partial charge in [-0.15, -0.1) is 0 Å². The molecule has 1 aliphatic rings. The largest absolute Gasteiger partial charge is 0.472 e. The third-order valence-electron chi connectivity index (χ3n) is 10.4. The van der Waals surface area contributed by atoms with E-state index in [-0.39, 0.29) is 19.3 Å². The van der Waals surface area contributed by atoms with Crippen LogP contribution in [0.5, 0.6) is 0 Å². The van der Waals surface area contributed by atoms with Gasteiger partial charge in [0.15, 0.2) is 6.10 Å². The Kier molecular flexibility index (Phi) is 37.6. The van der Waals surface area contributed by atoms with Crippen LogP contribution in [-0.2, 0) is 32.7 Å². The average molecular weight is 975 g/mol. The molecule has 0 saturated heterocycles. The van der Waals surface area contributed by atoms with E-state index >= 15 is 0 Å². The van der Waals surface area contributed by atoms with Crippen LogP contribution >= 0.6 is 7.82 Å². The molecule has 0 bridgehead atoms. The second-order valence-corrected chi connectivity index (χ2v) is 17.8. The summed E-state index contributed by atoms with van der Waals surface area (Å²) in [4.78, 5) is 35.8. The second-order valence-electron chi connectivity index (χ2n) is 16.4. The fourth-order valence-electron chi connectivity index (χ4n) is 6.50. The van der Waals surface area contributed by atoms with Gasteiger partial charge in [0.05, 0.1) is 12.7 Å². The number of ether oxygens (including phenoxy) is 2. The van der Waals surface area contributed by atoms with Crippen molar-refractivity contribution in [3.63, 3.8) is 0 Å². The van der Waals surface area contributed by atoms with Gasteiger partial charge in [-0.1, -0.05) is 161 Å². The van der Waals surface area contributed by atoms with E-state index in [1.165, 1.54) is 0 Å². The minimum absolute atomic E-state index is 0.0352. The molecule has 1 saturated carbocycles. The Morgan fingerprint density at radius 2 is 1.00 bits per heavy atom. The van der Waals surface area contributed by atoms with Crippen LogP contribution in [0.1, 0.15) is 136 Å². The van der Waals surface area contributed by atoms with E-state index in [2.05, 4.69) is 98.9 Å². The van der Waals surface area contributed by atoms with Crippen molar-refractivity contribution in [3.8, 4) is 0 Å². The molecule has 9 atom stereocenters. The van der Waals surface area contributed by atoms with Crippen molar-refractivity contribution in [2.24, 2.45) is 0 Å².